The highest BCUT2D eigenvalue weighted by atomic mass is 16.5. The van der Waals surface area contributed by atoms with Gasteiger partial charge in [0.2, 0.25) is 0 Å². The molecule has 15 heavy (non-hydrogen) atoms. The predicted octanol–water partition coefficient (Wildman–Crippen LogP) is 3.09. The molecule has 0 amide bonds. The molecule has 0 aromatic heterocycles. The molecule has 1 N–H and O–H groups in total. The van der Waals surface area contributed by atoms with E-state index in [1.54, 1.807) is 7.11 Å². The van der Waals surface area contributed by atoms with Crippen LogP contribution in [0.3, 0.4) is 0 Å². The number of aliphatic hydroxyl groups is 1. The molecule has 0 aromatic rings. The highest BCUT2D eigenvalue weighted by Crippen LogP contribution is 2.30. The van der Waals surface area contributed by atoms with Crippen molar-refractivity contribution in [1.82, 2.24) is 0 Å². The first kappa shape index (κ1) is 14.9. The molecule has 0 saturated carbocycles. The average Bonchev–Trinajstić information content (AvgIpc) is 2.12. The van der Waals surface area contributed by atoms with Crippen molar-refractivity contribution in [3.05, 3.63) is 0 Å². The minimum atomic E-state index is -0.200. The van der Waals surface area contributed by atoms with E-state index < -0.39 is 0 Å². The van der Waals surface area contributed by atoms with Crippen molar-refractivity contribution in [3.8, 4) is 0 Å². The van der Waals surface area contributed by atoms with Crippen molar-refractivity contribution in [2.45, 2.75) is 53.6 Å². The second-order valence-electron chi connectivity index (χ2n) is 5.83. The van der Waals surface area contributed by atoms with Crippen LogP contribution in [0, 0.1) is 17.3 Å². The van der Waals surface area contributed by atoms with Gasteiger partial charge in [-0.25, -0.2) is 0 Å². The summed E-state index contributed by atoms with van der Waals surface area (Å²) in [6.45, 7) is 11.7. The van der Waals surface area contributed by atoms with Gasteiger partial charge in [0.05, 0.1) is 6.10 Å². The Balaban J connectivity index is 3.95. The lowest BCUT2D eigenvalue weighted by Gasteiger charge is -2.31. The molecule has 3 atom stereocenters. The van der Waals surface area contributed by atoms with Crippen LogP contribution in [0.4, 0.5) is 0 Å². The summed E-state index contributed by atoms with van der Waals surface area (Å²) in [7, 11) is 1.71. The molecule has 92 valence electrons. The molecule has 2 nitrogen and oxygen atoms in total. The van der Waals surface area contributed by atoms with Gasteiger partial charge in [0.25, 0.3) is 0 Å². The summed E-state index contributed by atoms with van der Waals surface area (Å²) >= 11 is 0. The number of aliphatic hydroxyl groups excluding tert-OH is 1. The first-order valence-corrected chi connectivity index (χ1v) is 5.96. The normalized spacial score (nSPS) is 18.6. The molecule has 0 saturated heterocycles. The zero-order valence-corrected chi connectivity index (χ0v) is 11.2. The number of ether oxygens (including phenoxy) is 1. The molecule has 0 radical (unpaired) electrons. The van der Waals surface area contributed by atoms with Crippen molar-refractivity contribution in [3.63, 3.8) is 0 Å². The van der Waals surface area contributed by atoms with Crippen LogP contribution < -0.4 is 0 Å². The van der Waals surface area contributed by atoms with E-state index in [-0.39, 0.29) is 11.5 Å². The van der Waals surface area contributed by atoms with Crippen molar-refractivity contribution in [2.75, 3.05) is 13.7 Å². The van der Waals surface area contributed by atoms with Crippen molar-refractivity contribution < 1.29 is 9.84 Å². The number of rotatable bonds is 6. The minimum Gasteiger partial charge on any atom is -0.393 e. The lowest BCUT2D eigenvalue weighted by Crippen LogP contribution is -2.27. The van der Waals surface area contributed by atoms with Crippen molar-refractivity contribution >= 4 is 0 Å². The molecule has 0 bridgehead atoms. The van der Waals surface area contributed by atoms with Gasteiger partial charge in [-0.3, -0.25) is 0 Å². The third-order valence-corrected chi connectivity index (χ3v) is 3.51. The second-order valence-corrected chi connectivity index (χ2v) is 5.83. The highest BCUT2D eigenvalue weighted by molar-refractivity contribution is 4.75. The summed E-state index contributed by atoms with van der Waals surface area (Å²) in [6, 6.07) is 0. The molecule has 2 heteroatoms. The molecule has 0 aliphatic rings. The van der Waals surface area contributed by atoms with Crippen LogP contribution in [0.1, 0.15) is 47.5 Å². The molecule has 0 rings (SSSR count). The van der Waals surface area contributed by atoms with E-state index in [4.69, 9.17) is 4.74 Å². The van der Waals surface area contributed by atoms with E-state index in [1.807, 2.05) is 0 Å². The van der Waals surface area contributed by atoms with Crippen molar-refractivity contribution in [2.24, 2.45) is 17.3 Å². The molecule has 0 spiro atoms. The first-order chi connectivity index (χ1) is 6.79. The van der Waals surface area contributed by atoms with E-state index >= 15 is 0 Å². The zero-order chi connectivity index (χ0) is 12.1. The molecular formula is C13H28O2. The lowest BCUT2D eigenvalue weighted by atomic mass is 9.77. The van der Waals surface area contributed by atoms with Gasteiger partial charge in [-0.1, -0.05) is 34.6 Å². The predicted molar refractivity (Wildman–Crippen MR) is 64.9 cm³/mol. The van der Waals surface area contributed by atoms with Crippen LogP contribution in [0.2, 0.25) is 0 Å². The van der Waals surface area contributed by atoms with E-state index in [9.17, 15) is 5.11 Å². The SMILES string of the molecule is COCCC(C)C(O)CC(C)C(C)(C)C. The fraction of sp³-hybridized carbons (Fsp3) is 1.00. The maximum absolute atomic E-state index is 10.0. The molecule has 0 fully saturated rings. The quantitative estimate of drug-likeness (QED) is 0.739. The second kappa shape index (κ2) is 6.49. The van der Waals surface area contributed by atoms with E-state index in [2.05, 4.69) is 34.6 Å². The molecule has 0 aliphatic heterocycles. The van der Waals surface area contributed by atoms with Gasteiger partial charge in [0.15, 0.2) is 0 Å². The van der Waals surface area contributed by atoms with Crippen LogP contribution in [0.25, 0.3) is 0 Å². The van der Waals surface area contributed by atoms with Crippen LogP contribution in [0.5, 0.6) is 0 Å². The maximum atomic E-state index is 10.0. The van der Waals surface area contributed by atoms with Gasteiger partial charge in [-0.05, 0) is 30.1 Å². The summed E-state index contributed by atoms with van der Waals surface area (Å²) in [6.07, 6.45) is 1.62. The third-order valence-electron chi connectivity index (χ3n) is 3.51. The van der Waals surface area contributed by atoms with Crippen LogP contribution >= 0.6 is 0 Å². The van der Waals surface area contributed by atoms with Gasteiger partial charge in [0, 0.05) is 13.7 Å². The Kier molecular flexibility index (Phi) is 6.46. The first-order valence-electron chi connectivity index (χ1n) is 5.96. The van der Waals surface area contributed by atoms with E-state index in [0.717, 1.165) is 19.4 Å². The Morgan fingerprint density at radius 3 is 2.13 bits per heavy atom. The fourth-order valence-electron chi connectivity index (χ4n) is 1.44. The van der Waals surface area contributed by atoms with Crippen molar-refractivity contribution in [1.29, 1.82) is 0 Å². The summed E-state index contributed by atoms with van der Waals surface area (Å²) in [4.78, 5) is 0. The van der Waals surface area contributed by atoms with Crippen LogP contribution in [-0.2, 0) is 4.74 Å². The Hall–Kier alpha value is -0.0800. The minimum absolute atomic E-state index is 0.200. The number of methoxy groups -OCH3 is 1. The molecular weight excluding hydrogens is 188 g/mol. The third kappa shape index (κ3) is 6.16. The lowest BCUT2D eigenvalue weighted by molar-refractivity contribution is 0.0526. The van der Waals surface area contributed by atoms with Crippen LogP contribution in [0.15, 0.2) is 0 Å². The Bertz CT molecular complexity index is 160. The smallest absolute Gasteiger partial charge is 0.0569 e. The topological polar surface area (TPSA) is 29.5 Å². The molecule has 3 unspecified atom stereocenters. The summed E-state index contributed by atoms with van der Waals surface area (Å²) in [5.74, 6) is 0.868. The fourth-order valence-corrected chi connectivity index (χ4v) is 1.44. The number of hydrogen-bond donors (Lipinski definition) is 1. The standard InChI is InChI=1S/C13H28O2/c1-10(7-8-15-6)12(14)9-11(2)13(3,4)5/h10-12,14H,7-9H2,1-6H3. The Morgan fingerprint density at radius 2 is 1.73 bits per heavy atom. The van der Waals surface area contributed by atoms with Gasteiger partial charge < -0.3 is 9.84 Å². The van der Waals surface area contributed by atoms with Gasteiger partial charge >= 0.3 is 0 Å². The largest absolute Gasteiger partial charge is 0.393 e. The summed E-state index contributed by atoms with van der Waals surface area (Å²) in [5, 5.41) is 10.0. The van der Waals surface area contributed by atoms with Crippen LogP contribution in [-0.4, -0.2) is 24.9 Å². The highest BCUT2D eigenvalue weighted by Gasteiger charge is 2.25. The van der Waals surface area contributed by atoms with Gasteiger partial charge in [0.1, 0.15) is 0 Å². The molecule has 0 aromatic carbocycles. The summed E-state index contributed by atoms with van der Waals surface area (Å²) in [5.41, 5.74) is 0.280. The molecule has 0 heterocycles. The molecule has 0 aliphatic carbocycles. The average molecular weight is 216 g/mol. The zero-order valence-electron chi connectivity index (χ0n) is 11.2. The Morgan fingerprint density at radius 1 is 1.20 bits per heavy atom. The monoisotopic (exact) mass is 216 g/mol. The Labute approximate surface area is 95.0 Å². The van der Waals surface area contributed by atoms with E-state index in [0.29, 0.717) is 11.8 Å². The maximum Gasteiger partial charge on any atom is 0.0569 e. The van der Waals surface area contributed by atoms with E-state index in [1.165, 1.54) is 0 Å². The summed E-state index contributed by atoms with van der Waals surface area (Å²) < 4.78 is 5.02. The number of hydrogen-bond acceptors (Lipinski definition) is 2. The van der Waals surface area contributed by atoms with Gasteiger partial charge in [-0.15, -0.1) is 0 Å². The van der Waals surface area contributed by atoms with Gasteiger partial charge in [-0.2, -0.15) is 0 Å².